The molecule has 2 N–H and O–H groups in total. The highest BCUT2D eigenvalue weighted by Crippen LogP contribution is 2.11. The van der Waals surface area contributed by atoms with Gasteiger partial charge in [-0.15, -0.1) is 0 Å². The van der Waals surface area contributed by atoms with Gasteiger partial charge in [-0.2, -0.15) is 0 Å². The van der Waals surface area contributed by atoms with E-state index in [0.717, 1.165) is 17.3 Å². The Morgan fingerprint density at radius 2 is 2.29 bits per heavy atom. The van der Waals surface area contributed by atoms with Crippen LogP contribution in [0.5, 0.6) is 0 Å². The number of hydrogen-bond donors (Lipinski definition) is 2. The lowest BCUT2D eigenvalue weighted by Gasteiger charge is -2.08. The molecule has 0 aliphatic carbocycles. The van der Waals surface area contributed by atoms with Crippen LogP contribution in [0.3, 0.4) is 0 Å². The van der Waals surface area contributed by atoms with Gasteiger partial charge in [-0.05, 0) is 37.0 Å². The van der Waals surface area contributed by atoms with Crippen LogP contribution in [0.2, 0.25) is 0 Å². The lowest BCUT2D eigenvalue weighted by molar-refractivity contribution is 0.0952. The van der Waals surface area contributed by atoms with Gasteiger partial charge in [0.1, 0.15) is 0 Å². The molecule has 0 heterocycles. The van der Waals surface area contributed by atoms with Crippen molar-refractivity contribution in [2.75, 3.05) is 13.2 Å². The molecule has 0 spiro atoms. The Kier molecular flexibility index (Phi) is 6.22. The Morgan fingerprint density at radius 1 is 1.53 bits per heavy atom. The SMILES string of the molecule is CC(CO)CCCNC(=O)c1cccc(Br)c1. The summed E-state index contributed by atoms with van der Waals surface area (Å²) in [6, 6.07) is 7.31. The topological polar surface area (TPSA) is 49.3 Å². The second-order valence-electron chi connectivity index (χ2n) is 4.20. The van der Waals surface area contributed by atoms with Crippen LogP contribution < -0.4 is 5.32 Å². The highest BCUT2D eigenvalue weighted by atomic mass is 79.9. The third-order valence-electron chi connectivity index (χ3n) is 2.56. The van der Waals surface area contributed by atoms with Crippen molar-refractivity contribution in [3.05, 3.63) is 34.3 Å². The van der Waals surface area contributed by atoms with E-state index in [4.69, 9.17) is 5.11 Å². The van der Waals surface area contributed by atoms with E-state index >= 15 is 0 Å². The number of amides is 1. The average molecular weight is 300 g/mol. The Bertz CT molecular complexity index is 368. The zero-order chi connectivity index (χ0) is 12.7. The Balaban J connectivity index is 2.30. The monoisotopic (exact) mass is 299 g/mol. The molecule has 1 atom stereocenters. The molecular weight excluding hydrogens is 282 g/mol. The van der Waals surface area contributed by atoms with E-state index in [1.165, 1.54) is 0 Å². The van der Waals surface area contributed by atoms with Crippen molar-refractivity contribution in [3.63, 3.8) is 0 Å². The van der Waals surface area contributed by atoms with Gasteiger partial charge in [0.05, 0.1) is 0 Å². The number of halogens is 1. The van der Waals surface area contributed by atoms with Crippen LogP contribution in [-0.2, 0) is 0 Å². The maximum absolute atomic E-state index is 11.7. The van der Waals surface area contributed by atoms with Gasteiger partial charge < -0.3 is 10.4 Å². The first-order valence-electron chi connectivity index (χ1n) is 5.78. The summed E-state index contributed by atoms with van der Waals surface area (Å²) in [4.78, 5) is 11.7. The van der Waals surface area contributed by atoms with Crippen molar-refractivity contribution >= 4 is 21.8 Å². The van der Waals surface area contributed by atoms with Crippen molar-refractivity contribution in [2.45, 2.75) is 19.8 Å². The lowest BCUT2D eigenvalue weighted by atomic mass is 10.1. The number of rotatable bonds is 6. The van der Waals surface area contributed by atoms with Gasteiger partial charge in [0, 0.05) is 23.2 Å². The molecule has 0 aromatic heterocycles. The van der Waals surface area contributed by atoms with Crippen LogP contribution in [0.1, 0.15) is 30.1 Å². The zero-order valence-corrected chi connectivity index (χ0v) is 11.5. The number of carbonyl (C=O) groups excluding carboxylic acids is 1. The highest BCUT2D eigenvalue weighted by Gasteiger charge is 2.05. The van der Waals surface area contributed by atoms with Gasteiger partial charge in [-0.25, -0.2) is 0 Å². The minimum Gasteiger partial charge on any atom is -0.396 e. The van der Waals surface area contributed by atoms with E-state index < -0.39 is 0 Å². The van der Waals surface area contributed by atoms with Gasteiger partial charge in [0.2, 0.25) is 0 Å². The fraction of sp³-hybridized carbons (Fsp3) is 0.462. The quantitative estimate of drug-likeness (QED) is 0.793. The molecule has 0 saturated carbocycles. The first-order valence-corrected chi connectivity index (χ1v) is 6.57. The Labute approximate surface area is 110 Å². The molecular formula is C13H18BrNO2. The maximum Gasteiger partial charge on any atom is 0.251 e. The molecule has 0 radical (unpaired) electrons. The number of nitrogens with one attached hydrogen (secondary N) is 1. The molecule has 0 aliphatic rings. The summed E-state index contributed by atoms with van der Waals surface area (Å²) in [6.45, 7) is 2.85. The van der Waals surface area contributed by atoms with Gasteiger partial charge in [0.25, 0.3) is 5.91 Å². The van der Waals surface area contributed by atoms with Crippen LogP contribution >= 0.6 is 15.9 Å². The second-order valence-corrected chi connectivity index (χ2v) is 5.11. The van der Waals surface area contributed by atoms with Crippen molar-refractivity contribution in [1.82, 2.24) is 5.32 Å². The molecule has 17 heavy (non-hydrogen) atoms. The van der Waals surface area contributed by atoms with Crippen molar-refractivity contribution < 1.29 is 9.90 Å². The normalized spacial score (nSPS) is 12.2. The minimum atomic E-state index is -0.0528. The van der Waals surface area contributed by atoms with E-state index in [9.17, 15) is 4.79 Å². The average Bonchev–Trinajstić information content (AvgIpc) is 2.34. The number of carbonyl (C=O) groups is 1. The van der Waals surface area contributed by atoms with Crippen molar-refractivity contribution in [2.24, 2.45) is 5.92 Å². The molecule has 94 valence electrons. The molecule has 1 unspecified atom stereocenters. The molecule has 0 fully saturated rings. The lowest BCUT2D eigenvalue weighted by Crippen LogP contribution is -2.24. The van der Waals surface area contributed by atoms with Crippen molar-refractivity contribution in [1.29, 1.82) is 0 Å². The molecule has 3 nitrogen and oxygen atoms in total. The van der Waals surface area contributed by atoms with E-state index in [0.29, 0.717) is 18.0 Å². The minimum absolute atomic E-state index is 0.0528. The summed E-state index contributed by atoms with van der Waals surface area (Å²) in [5.41, 5.74) is 0.662. The number of benzene rings is 1. The van der Waals surface area contributed by atoms with E-state index in [1.807, 2.05) is 19.1 Å². The zero-order valence-electron chi connectivity index (χ0n) is 9.95. The summed E-state index contributed by atoms with van der Waals surface area (Å²) in [5.74, 6) is 0.251. The molecule has 1 amide bonds. The summed E-state index contributed by atoms with van der Waals surface area (Å²) in [6.07, 6.45) is 1.82. The fourth-order valence-electron chi connectivity index (χ4n) is 1.48. The summed E-state index contributed by atoms with van der Waals surface area (Å²) in [7, 11) is 0. The number of aliphatic hydroxyl groups is 1. The van der Waals surface area contributed by atoms with Crippen LogP contribution in [0, 0.1) is 5.92 Å². The molecule has 0 saturated heterocycles. The standard InChI is InChI=1S/C13H18BrNO2/c1-10(9-16)4-3-7-15-13(17)11-5-2-6-12(14)8-11/h2,5-6,8,10,16H,3-4,7,9H2,1H3,(H,15,17). The summed E-state index contributed by atoms with van der Waals surface area (Å²) < 4.78 is 0.902. The van der Waals surface area contributed by atoms with Gasteiger partial charge in [0.15, 0.2) is 0 Å². The van der Waals surface area contributed by atoms with Crippen LogP contribution in [0.25, 0.3) is 0 Å². The third-order valence-corrected chi connectivity index (χ3v) is 3.05. The summed E-state index contributed by atoms with van der Waals surface area (Å²) in [5, 5.41) is 11.7. The molecule has 4 heteroatoms. The molecule has 0 aliphatic heterocycles. The summed E-state index contributed by atoms with van der Waals surface area (Å²) >= 11 is 3.33. The molecule has 0 bridgehead atoms. The van der Waals surface area contributed by atoms with E-state index in [1.54, 1.807) is 12.1 Å². The molecule has 1 rings (SSSR count). The molecule has 1 aromatic carbocycles. The van der Waals surface area contributed by atoms with Crippen LogP contribution in [0.15, 0.2) is 28.7 Å². The van der Waals surface area contributed by atoms with E-state index in [2.05, 4.69) is 21.2 Å². The fourth-order valence-corrected chi connectivity index (χ4v) is 1.87. The highest BCUT2D eigenvalue weighted by molar-refractivity contribution is 9.10. The predicted octanol–water partition coefficient (Wildman–Crippen LogP) is 2.59. The van der Waals surface area contributed by atoms with Crippen LogP contribution in [0.4, 0.5) is 0 Å². The van der Waals surface area contributed by atoms with Gasteiger partial charge in [-0.1, -0.05) is 28.9 Å². The first kappa shape index (κ1) is 14.2. The van der Waals surface area contributed by atoms with Gasteiger partial charge in [-0.3, -0.25) is 4.79 Å². The van der Waals surface area contributed by atoms with Gasteiger partial charge >= 0.3 is 0 Å². The largest absolute Gasteiger partial charge is 0.396 e. The van der Waals surface area contributed by atoms with E-state index in [-0.39, 0.29) is 12.5 Å². The van der Waals surface area contributed by atoms with Crippen molar-refractivity contribution in [3.8, 4) is 0 Å². The Morgan fingerprint density at radius 3 is 2.94 bits per heavy atom. The number of hydrogen-bond acceptors (Lipinski definition) is 2. The third kappa shape index (κ3) is 5.33. The Hall–Kier alpha value is -0.870. The first-order chi connectivity index (χ1) is 8.13. The second kappa shape index (κ2) is 7.45. The number of aliphatic hydroxyl groups excluding tert-OH is 1. The smallest absolute Gasteiger partial charge is 0.251 e. The molecule has 1 aromatic rings. The van der Waals surface area contributed by atoms with Crippen LogP contribution in [-0.4, -0.2) is 24.2 Å². The maximum atomic E-state index is 11.7. The predicted molar refractivity (Wildman–Crippen MR) is 72.0 cm³/mol.